The minimum atomic E-state index is -1.08. The molecule has 1 spiro atoms. The summed E-state index contributed by atoms with van der Waals surface area (Å²) in [5.41, 5.74) is 1.93. The van der Waals surface area contributed by atoms with E-state index in [1.165, 1.54) is 51.4 Å². The quantitative estimate of drug-likeness (QED) is 0.154. The molecule has 5 nitrogen and oxygen atoms in total. The molecule has 0 bridgehead atoms. The molecule has 0 N–H and O–H groups in total. The number of fused-ring (bicyclic) bond motifs is 6. The lowest BCUT2D eigenvalue weighted by Gasteiger charge is -2.36. The molecule has 2 heterocycles. The SMILES string of the molecule is CCCCCCCOc1ccc2c(c1)Oc1cc(OCCCCCCC)ccc1C21OC(=O)c2ccccc21. The van der Waals surface area contributed by atoms with E-state index in [4.69, 9.17) is 18.9 Å². The van der Waals surface area contributed by atoms with Gasteiger partial charge in [0.25, 0.3) is 0 Å². The standard InChI is InChI=1S/C34H40O5/c1-3-5-7-9-13-21-36-25-17-19-29-31(23-25)38-32-24-26(37-22-14-10-8-6-4-2)18-20-30(32)34(29)28-16-12-11-15-27(28)33(35)39-34/h11-12,15-20,23-24H,3-10,13-14,21-22H2,1-2H3. The molecule has 3 aromatic carbocycles. The molecule has 0 fully saturated rings. The number of esters is 1. The second-order valence-electron chi connectivity index (χ2n) is 10.6. The van der Waals surface area contributed by atoms with Crippen molar-refractivity contribution in [3.63, 3.8) is 0 Å². The van der Waals surface area contributed by atoms with Crippen molar-refractivity contribution in [3.8, 4) is 23.0 Å². The molecule has 0 saturated heterocycles. The van der Waals surface area contributed by atoms with Gasteiger partial charge < -0.3 is 18.9 Å². The Morgan fingerprint density at radius 2 is 1.18 bits per heavy atom. The van der Waals surface area contributed by atoms with Crippen LogP contribution >= 0.6 is 0 Å². The summed E-state index contributed by atoms with van der Waals surface area (Å²) in [7, 11) is 0. The summed E-state index contributed by atoms with van der Waals surface area (Å²) in [6.07, 6.45) is 11.8. The molecule has 0 radical (unpaired) electrons. The molecule has 0 aliphatic carbocycles. The number of hydrogen-bond acceptors (Lipinski definition) is 5. The fraction of sp³-hybridized carbons (Fsp3) is 0.441. The van der Waals surface area contributed by atoms with Crippen molar-refractivity contribution >= 4 is 5.97 Å². The molecular weight excluding hydrogens is 488 g/mol. The highest BCUT2D eigenvalue weighted by atomic mass is 16.6. The van der Waals surface area contributed by atoms with Gasteiger partial charge >= 0.3 is 5.97 Å². The summed E-state index contributed by atoms with van der Waals surface area (Å²) < 4.78 is 24.9. The number of carbonyl (C=O) groups excluding carboxylic acids is 1. The van der Waals surface area contributed by atoms with Crippen molar-refractivity contribution in [1.29, 1.82) is 0 Å². The van der Waals surface area contributed by atoms with Gasteiger partial charge in [-0.1, -0.05) is 83.4 Å². The Hall–Kier alpha value is -3.47. The van der Waals surface area contributed by atoms with Crippen LogP contribution < -0.4 is 14.2 Å². The van der Waals surface area contributed by atoms with Gasteiger partial charge in [-0.15, -0.1) is 0 Å². The smallest absolute Gasteiger partial charge is 0.340 e. The first-order chi connectivity index (χ1) is 19.2. The topological polar surface area (TPSA) is 54.0 Å². The van der Waals surface area contributed by atoms with E-state index in [2.05, 4.69) is 13.8 Å². The van der Waals surface area contributed by atoms with Gasteiger partial charge in [-0.3, -0.25) is 0 Å². The van der Waals surface area contributed by atoms with Gasteiger partial charge in [-0.2, -0.15) is 0 Å². The maximum Gasteiger partial charge on any atom is 0.340 e. The zero-order valence-electron chi connectivity index (χ0n) is 23.3. The average Bonchev–Trinajstić information content (AvgIpc) is 3.25. The summed E-state index contributed by atoms with van der Waals surface area (Å²) in [5.74, 6) is 2.43. The normalized spacial score (nSPS) is 14.3. The number of hydrogen-bond donors (Lipinski definition) is 0. The van der Waals surface area contributed by atoms with Gasteiger partial charge in [-0.05, 0) is 43.2 Å². The fourth-order valence-electron chi connectivity index (χ4n) is 5.61. The van der Waals surface area contributed by atoms with Crippen LogP contribution in [0.5, 0.6) is 23.0 Å². The highest BCUT2D eigenvalue weighted by Gasteiger charge is 2.53. The lowest BCUT2D eigenvalue weighted by molar-refractivity contribution is 0.0224. The van der Waals surface area contributed by atoms with E-state index < -0.39 is 5.60 Å². The first-order valence-corrected chi connectivity index (χ1v) is 14.7. The van der Waals surface area contributed by atoms with Crippen LogP contribution in [0.1, 0.15) is 105 Å². The van der Waals surface area contributed by atoms with E-state index in [-0.39, 0.29) is 5.97 Å². The molecule has 0 atom stereocenters. The van der Waals surface area contributed by atoms with Gasteiger partial charge in [0.05, 0.1) is 18.8 Å². The predicted octanol–water partition coefficient (Wildman–Crippen LogP) is 8.95. The van der Waals surface area contributed by atoms with E-state index in [1.807, 2.05) is 60.7 Å². The van der Waals surface area contributed by atoms with Crippen LogP contribution in [0.15, 0.2) is 60.7 Å². The number of unbranched alkanes of at least 4 members (excludes halogenated alkanes) is 8. The Labute approximate surface area is 232 Å². The molecule has 0 saturated carbocycles. The first-order valence-electron chi connectivity index (χ1n) is 14.7. The molecule has 3 aromatic rings. The molecule has 0 aromatic heterocycles. The monoisotopic (exact) mass is 528 g/mol. The highest BCUT2D eigenvalue weighted by Crippen LogP contribution is 2.57. The largest absolute Gasteiger partial charge is 0.493 e. The zero-order valence-corrected chi connectivity index (χ0v) is 23.3. The van der Waals surface area contributed by atoms with Crippen LogP contribution in [0.4, 0.5) is 0 Å². The molecular formula is C34H40O5. The predicted molar refractivity (Wildman–Crippen MR) is 153 cm³/mol. The van der Waals surface area contributed by atoms with Gasteiger partial charge in [0, 0.05) is 28.8 Å². The van der Waals surface area contributed by atoms with E-state index in [1.54, 1.807) is 0 Å². The Bertz CT molecular complexity index is 1210. The maximum atomic E-state index is 13.1. The molecule has 0 amide bonds. The molecule has 5 heteroatoms. The number of benzene rings is 3. The highest BCUT2D eigenvalue weighted by molar-refractivity contribution is 5.97. The van der Waals surface area contributed by atoms with Gasteiger partial charge in [0.15, 0.2) is 5.60 Å². The van der Waals surface area contributed by atoms with Crippen LogP contribution in [-0.2, 0) is 10.3 Å². The van der Waals surface area contributed by atoms with Crippen molar-refractivity contribution in [2.75, 3.05) is 13.2 Å². The first kappa shape index (κ1) is 27.1. The van der Waals surface area contributed by atoms with Crippen LogP contribution in [-0.4, -0.2) is 19.2 Å². The van der Waals surface area contributed by atoms with Gasteiger partial charge in [0.2, 0.25) is 0 Å². The van der Waals surface area contributed by atoms with E-state index >= 15 is 0 Å². The average molecular weight is 529 g/mol. The summed E-state index contributed by atoms with van der Waals surface area (Å²) >= 11 is 0. The second-order valence-corrected chi connectivity index (χ2v) is 10.6. The fourth-order valence-corrected chi connectivity index (χ4v) is 5.61. The maximum absolute atomic E-state index is 13.1. The Morgan fingerprint density at radius 3 is 1.74 bits per heavy atom. The van der Waals surface area contributed by atoms with Crippen molar-refractivity contribution in [2.24, 2.45) is 0 Å². The van der Waals surface area contributed by atoms with E-state index in [0.717, 1.165) is 41.0 Å². The zero-order chi connectivity index (χ0) is 27.1. The summed E-state index contributed by atoms with van der Waals surface area (Å²) in [6.45, 7) is 5.77. The number of carbonyl (C=O) groups is 1. The number of ether oxygens (including phenoxy) is 4. The van der Waals surface area contributed by atoms with Crippen LogP contribution in [0.2, 0.25) is 0 Å². The Balaban J connectivity index is 1.42. The van der Waals surface area contributed by atoms with Crippen LogP contribution in [0.3, 0.4) is 0 Å². The summed E-state index contributed by atoms with van der Waals surface area (Å²) in [5, 5.41) is 0. The van der Waals surface area contributed by atoms with Crippen molar-refractivity contribution in [2.45, 2.75) is 83.7 Å². The Kier molecular flexibility index (Phi) is 8.75. The molecule has 206 valence electrons. The van der Waals surface area contributed by atoms with Crippen molar-refractivity contribution in [1.82, 2.24) is 0 Å². The van der Waals surface area contributed by atoms with Crippen molar-refractivity contribution < 1.29 is 23.7 Å². The minimum absolute atomic E-state index is 0.329. The third kappa shape index (κ3) is 5.63. The van der Waals surface area contributed by atoms with Gasteiger partial charge in [0.1, 0.15) is 23.0 Å². The number of rotatable bonds is 14. The molecule has 5 rings (SSSR count). The lowest BCUT2D eigenvalue weighted by Crippen LogP contribution is -2.33. The lowest BCUT2D eigenvalue weighted by atomic mass is 9.77. The van der Waals surface area contributed by atoms with E-state index in [0.29, 0.717) is 30.3 Å². The molecule has 0 unspecified atom stereocenters. The second kappa shape index (κ2) is 12.6. The molecule has 39 heavy (non-hydrogen) atoms. The third-order valence-corrected chi connectivity index (χ3v) is 7.69. The van der Waals surface area contributed by atoms with Crippen molar-refractivity contribution in [3.05, 3.63) is 82.9 Å². The summed E-state index contributed by atoms with van der Waals surface area (Å²) in [6, 6.07) is 19.3. The van der Waals surface area contributed by atoms with E-state index in [9.17, 15) is 4.79 Å². The summed E-state index contributed by atoms with van der Waals surface area (Å²) in [4.78, 5) is 13.1. The minimum Gasteiger partial charge on any atom is -0.493 e. The Morgan fingerprint density at radius 1 is 0.641 bits per heavy atom. The molecule has 2 aliphatic heterocycles. The van der Waals surface area contributed by atoms with Gasteiger partial charge in [-0.25, -0.2) is 4.79 Å². The third-order valence-electron chi connectivity index (χ3n) is 7.69. The van der Waals surface area contributed by atoms with Crippen LogP contribution in [0.25, 0.3) is 0 Å². The molecule has 2 aliphatic rings. The van der Waals surface area contributed by atoms with Crippen LogP contribution in [0, 0.1) is 0 Å².